The lowest BCUT2D eigenvalue weighted by Crippen LogP contribution is -2.42. The predicted molar refractivity (Wildman–Crippen MR) is 107 cm³/mol. The van der Waals surface area contributed by atoms with E-state index in [1.807, 2.05) is 13.2 Å². The number of allylic oxidation sites excluding steroid dienone is 1. The third-order valence-electron chi connectivity index (χ3n) is 5.77. The zero-order chi connectivity index (χ0) is 19.4. The number of nitrogens with zero attached hydrogens (tertiary/aromatic N) is 4. The van der Waals surface area contributed by atoms with Crippen LogP contribution in [-0.2, 0) is 11.8 Å². The number of pyridine rings is 1. The van der Waals surface area contributed by atoms with Crippen LogP contribution < -0.4 is 10.6 Å². The van der Waals surface area contributed by atoms with Crippen molar-refractivity contribution in [3.8, 4) is 11.4 Å². The van der Waals surface area contributed by atoms with Gasteiger partial charge in [-0.3, -0.25) is 9.48 Å². The number of fused-ring (bicyclic) bond motifs is 3. The maximum Gasteiger partial charge on any atom is 0.225 e. The number of rotatable bonds is 4. The van der Waals surface area contributed by atoms with Crippen LogP contribution in [0.5, 0.6) is 0 Å². The average Bonchev–Trinajstić information content (AvgIpc) is 3.45. The van der Waals surface area contributed by atoms with Gasteiger partial charge in [-0.25, -0.2) is 9.97 Å². The fraction of sp³-hybridized carbons (Fsp3) is 0.368. The summed E-state index contributed by atoms with van der Waals surface area (Å²) in [6, 6.07) is -0.0248. The Bertz CT molecular complexity index is 1100. The first-order valence-corrected chi connectivity index (χ1v) is 9.62. The Labute approximate surface area is 166 Å². The second-order valence-corrected chi connectivity index (χ2v) is 7.83. The molecule has 9 heteroatoms. The molecule has 2 aliphatic rings. The van der Waals surface area contributed by atoms with E-state index in [0.717, 1.165) is 23.2 Å². The van der Waals surface area contributed by atoms with Crippen LogP contribution in [-0.4, -0.2) is 43.7 Å². The number of hydrogen-bond donors (Lipinski definition) is 3. The highest BCUT2D eigenvalue weighted by molar-refractivity contribution is 6.34. The third-order valence-corrected chi connectivity index (χ3v) is 6.06. The predicted octanol–water partition coefficient (Wildman–Crippen LogP) is 2.36. The number of carbonyl (C=O) groups excluding carboxylic acids is 1. The molecule has 3 aromatic rings. The molecule has 8 nitrogen and oxygen atoms in total. The summed E-state index contributed by atoms with van der Waals surface area (Å²) in [6.07, 6.45) is 10.6. The van der Waals surface area contributed by atoms with Gasteiger partial charge in [0.1, 0.15) is 11.3 Å². The number of aromatic amines is 1. The molecule has 0 aromatic carbocycles. The Morgan fingerprint density at radius 3 is 2.89 bits per heavy atom. The van der Waals surface area contributed by atoms with Crippen molar-refractivity contribution in [1.29, 1.82) is 0 Å². The summed E-state index contributed by atoms with van der Waals surface area (Å²) in [4.78, 5) is 24.7. The molecule has 4 atom stereocenters. The summed E-state index contributed by atoms with van der Waals surface area (Å²) < 4.78 is 1.72. The van der Waals surface area contributed by atoms with Gasteiger partial charge in [0.2, 0.25) is 5.91 Å². The highest BCUT2D eigenvalue weighted by Gasteiger charge is 2.48. The SMILES string of the molecule is CNC(=O)[C@@H]1[C@H](Nc2c(Cl)cnc3nc(-c4cnn(C)c4)[nH]c23)[C@H]2C=C[C@@H]1C2. The normalized spacial score (nSPS) is 25.5. The summed E-state index contributed by atoms with van der Waals surface area (Å²) in [5.41, 5.74) is 2.90. The highest BCUT2D eigenvalue weighted by atomic mass is 35.5. The fourth-order valence-corrected chi connectivity index (χ4v) is 4.66. The Hall–Kier alpha value is -2.87. The second kappa shape index (κ2) is 6.34. The van der Waals surface area contributed by atoms with E-state index in [4.69, 9.17) is 11.6 Å². The maximum absolute atomic E-state index is 12.5. The number of carbonyl (C=O) groups is 1. The summed E-state index contributed by atoms with van der Waals surface area (Å²) in [7, 11) is 3.54. The molecule has 3 heterocycles. The Morgan fingerprint density at radius 1 is 1.32 bits per heavy atom. The van der Waals surface area contributed by atoms with Gasteiger partial charge < -0.3 is 15.6 Å². The lowest BCUT2D eigenvalue weighted by Gasteiger charge is -2.28. The molecule has 2 bridgehead atoms. The fourth-order valence-electron chi connectivity index (χ4n) is 4.46. The van der Waals surface area contributed by atoms with Crippen molar-refractivity contribution in [3.63, 3.8) is 0 Å². The topological polar surface area (TPSA) is 101 Å². The van der Waals surface area contributed by atoms with Gasteiger partial charge in [0.15, 0.2) is 5.65 Å². The van der Waals surface area contributed by atoms with Crippen molar-refractivity contribution in [2.75, 3.05) is 12.4 Å². The molecule has 1 fully saturated rings. The van der Waals surface area contributed by atoms with Crippen LogP contribution in [0.3, 0.4) is 0 Å². The standard InChI is InChI=1S/C19H20ClN7O/c1-21-19(28)13-9-3-4-10(5-9)14(13)24-15-12(20)7-22-18-16(15)25-17(26-18)11-6-23-27(2)8-11/h3-4,6-10,13-14H,5H2,1-2H3,(H,21,28)(H2,22,24,25,26)/t9-,10+,13+,14-/m1/s1. The van der Waals surface area contributed by atoms with E-state index in [0.29, 0.717) is 22.4 Å². The van der Waals surface area contributed by atoms with Crippen molar-refractivity contribution < 1.29 is 4.79 Å². The zero-order valence-electron chi connectivity index (χ0n) is 15.5. The lowest BCUT2D eigenvalue weighted by atomic mass is 9.88. The van der Waals surface area contributed by atoms with E-state index in [1.165, 1.54) is 0 Å². The molecule has 0 saturated heterocycles. The van der Waals surface area contributed by atoms with Gasteiger partial charge in [-0.2, -0.15) is 5.10 Å². The first-order valence-electron chi connectivity index (χ1n) is 9.25. The van der Waals surface area contributed by atoms with Gasteiger partial charge in [-0.1, -0.05) is 23.8 Å². The lowest BCUT2D eigenvalue weighted by molar-refractivity contribution is -0.125. The molecule has 3 aromatic heterocycles. The first kappa shape index (κ1) is 17.2. The average molecular weight is 398 g/mol. The number of aromatic nitrogens is 5. The summed E-state index contributed by atoms with van der Waals surface area (Å²) in [6.45, 7) is 0. The van der Waals surface area contributed by atoms with Crippen molar-refractivity contribution in [3.05, 3.63) is 35.8 Å². The number of hydrogen-bond acceptors (Lipinski definition) is 5. The van der Waals surface area contributed by atoms with Crippen molar-refractivity contribution >= 4 is 34.4 Å². The molecule has 0 spiro atoms. The number of aryl methyl sites for hydroxylation is 1. The minimum Gasteiger partial charge on any atom is -0.378 e. The number of anilines is 1. The summed E-state index contributed by atoms with van der Waals surface area (Å²) in [5.74, 6) is 1.16. The minimum absolute atomic E-state index is 0.0248. The second-order valence-electron chi connectivity index (χ2n) is 7.43. The molecule has 28 heavy (non-hydrogen) atoms. The van der Waals surface area contributed by atoms with E-state index in [9.17, 15) is 4.79 Å². The molecule has 1 amide bonds. The van der Waals surface area contributed by atoms with Gasteiger partial charge in [0, 0.05) is 26.3 Å². The molecule has 144 valence electrons. The van der Waals surface area contributed by atoms with Crippen molar-refractivity contribution in [2.45, 2.75) is 12.5 Å². The van der Waals surface area contributed by atoms with Crippen LogP contribution in [0.15, 0.2) is 30.7 Å². The molecule has 2 aliphatic carbocycles. The Morgan fingerprint density at radius 2 is 2.14 bits per heavy atom. The van der Waals surface area contributed by atoms with Crippen LogP contribution in [0.25, 0.3) is 22.6 Å². The number of H-pyrrole nitrogens is 1. The maximum atomic E-state index is 12.5. The zero-order valence-corrected chi connectivity index (χ0v) is 16.2. The quantitative estimate of drug-likeness (QED) is 0.587. The molecule has 0 unspecified atom stereocenters. The van der Waals surface area contributed by atoms with E-state index in [2.05, 4.69) is 42.8 Å². The van der Waals surface area contributed by atoms with E-state index in [-0.39, 0.29) is 23.8 Å². The molecular weight excluding hydrogens is 378 g/mol. The van der Waals surface area contributed by atoms with Crippen LogP contribution in [0.1, 0.15) is 6.42 Å². The highest BCUT2D eigenvalue weighted by Crippen LogP contribution is 2.46. The first-order chi connectivity index (χ1) is 13.5. The summed E-state index contributed by atoms with van der Waals surface area (Å²) >= 11 is 6.50. The minimum atomic E-state index is -0.125. The molecular formula is C19H20ClN7O. The number of imidazole rings is 1. The van der Waals surface area contributed by atoms with Crippen LogP contribution in [0.2, 0.25) is 5.02 Å². The number of amides is 1. The molecule has 1 saturated carbocycles. The van der Waals surface area contributed by atoms with Crippen molar-refractivity contribution in [1.82, 2.24) is 30.0 Å². The van der Waals surface area contributed by atoms with E-state index >= 15 is 0 Å². The Kier molecular flexibility index (Phi) is 3.90. The molecule has 5 rings (SSSR count). The van der Waals surface area contributed by atoms with Gasteiger partial charge in [-0.05, 0) is 18.3 Å². The van der Waals surface area contributed by atoms with Crippen LogP contribution >= 0.6 is 11.6 Å². The van der Waals surface area contributed by atoms with Crippen LogP contribution in [0, 0.1) is 17.8 Å². The largest absolute Gasteiger partial charge is 0.378 e. The van der Waals surface area contributed by atoms with E-state index in [1.54, 1.807) is 24.1 Å². The van der Waals surface area contributed by atoms with Crippen LogP contribution in [0.4, 0.5) is 5.69 Å². The van der Waals surface area contributed by atoms with E-state index < -0.39 is 0 Å². The van der Waals surface area contributed by atoms with Gasteiger partial charge in [0.25, 0.3) is 0 Å². The Balaban J connectivity index is 1.55. The smallest absolute Gasteiger partial charge is 0.225 e. The number of halogens is 1. The molecule has 3 N–H and O–H groups in total. The molecule has 0 radical (unpaired) electrons. The van der Waals surface area contributed by atoms with Gasteiger partial charge in [-0.15, -0.1) is 0 Å². The van der Waals surface area contributed by atoms with Gasteiger partial charge >= 0.3 is 0 Å². The van der Waals surface area contributed by atoms with Gasteiger partial charge in [0.05, 0.1) is 34.6 Å². The van der Waals surface area contributed by atoms with Crippen molar-refractivity contribution in [2.24, 2.45) is 24.8 Å². The molecule has 0 aliphatic heterocycles. The number of nitrogens with one attached hydrogen (secondary N) is 3. The summed E-state index contributed by atoms with van der Waals surface area (Å²) in [5, 5.41) is 11.0. The monoisotopic (exact) mass is 397 g/mol. The third kappa shape index (κ3) is 2.59.